The molecule has 1 saturated heterocycles. The molecule has 2 N–H and O–H groups in total. The molecule has 1 aliphatic rings. The topological polar surface area (TPSA) is 77.8 Å². The van der Waals surface area contributed by atoms with Crippen LogP contribution in [0.5, 0.6) is 0 Å². The van der Waals surface area contributed by atoms with Crippen LogP contribution in [-0.2, 0) is 9.59 Å². The molecule has 0 radical (unpaired) electrons. The number of allylic oxidation sites excluding steroid dienone is 1. The van der Waals surface area contributed by atoms with Crippen LogP contribution in [0.3, 0.4) is 0 Å². The number of aliphatic carboxylic acids is 1. The van der Waals surface area contributed by atoms with E-state index in [0.717, 1.165) is 0 Å². The van der Waals surface area contributed by atoms with Gasteiger partial charge in [0.2, 0.25) is 5.91 Å². The van der Waals surface area contributed by atoms with Gasteiger partial charge in [0.1, 0.15) is 6.04 Å². The summed E-state index contributed by atoms with van der Waals surface area (Å²) in [7, 11) is 0. The van der Waals surface area contributed by atoms with Crippen LogP contribution in [-0.4, -0.2) is 45.7 Å². The number of hydrogen-bond acceptors (Lipinski definition) is 3. The Morgan fingerprint density at radius 1 is 1.53 bits per heavy atom. The molecule has 1 aliphatic heterocycles. The van der Waals surface area contributed by atoms with E-state index >= 15 is 0 Å². The van der Waals surface area contributed by atoms with E-state index in [0.29, 0.717) is 6.42 Å². The first kappa shape index (κ1) is 11.7. The van der Waals surface area contributed by atoms with E-state index in [2.05, 4.69) is 6.58 Å². The normalized spacial score (nSPS) is 25.3. The van der Waals surface area contributed by atoms with Crippen molar-refractivity contribution in [2.45, 2.75) is 31.4 Å². The van der Waals surface area contributed by atoms with Crippen LogP contribution in [0.25, 0.3) is 0 Å². The Morgan fingerprint density at radius 3 is 2.73 bits per heavy atom. The summed E-state index contributed by atoms with van der Waals surface area (Å²) >= 11 is 0. The first-order chi connectivity index (χ1) is 7.06. The fourth-order valence-electron chi connectivity index (χ4n) is 1.69. The maximum atomic E-state index is 11.6. The third-order valence-electron chi connectivity index (χ3n) is 2.45. The average molecular weight is 213 g/mol. The maximum absolute atomic E-state index is 11.6. The summed E-state index contributed by atoms with van der Waals surface area (Å²) in [5, 5.41) is 18.2. The highest BCUT2D eigenvalue weighted by Crippen LogP contribution is 2.19. The highest BCUT2D eigenvalue weighted by Gasteiger charge is 2.38. The molecule has 5 nitrogen and oxygen atoms in total. The lowest BCUT2D eigenvalue weighted by atomic mass is 10.2. The van der Waals surface area contributed by atoms with Crippen molar-refractivity contribution in [1.29, 1.82) is 0 Å². The molecular weight excluding hydrogens is 198 g/mol. The summed E-state index contributed by atoms with van der Waals surface area (Å²) in [6.07, 6.45) is 1.78. The number of β-amino-alcohol motifs (C(OH)–C–C–N with tert-alkyl or cyclic N) is 1. The van der Waals surface area contributed by atoms with E-state index in [4.69, 9.17) is 5.11 Å². The van der Waals surface area contributed by atoms with Crippen LogP contribution >= 0.6 is 0 Å². The second-order valence-electron chi connectivity index (χ2n) is 3.62. The second kappa shape index (κ2) is 4.93. The monoisotopic (exact) mass is 213 g/mol. The van der Waals surface area contributed by atoms with Crippen molar-refractivity contribution in [2.75, 3.05) is 6.54 Å². The lowest BCUT2D eigenvalue weighted by Gasteiger charge is -2.20. The summed E-state index contributed by atoms with van der Waals surface area (Å²) in [5.74, 6) is -1.29. The number of hydrogen-bond donors (Lipinski definition) is 2. The zero-order valence-corrected chi connectivity index (χ0v) is 8.43. The van der Waals surface area contributed by atoms with Gasteiger partial charge in [-0.05, 0) is 6.42 Å². The quantitative estimate of drug-likeness (QED) is 0.644. The summed E-state index contributed by atoms with van der Waals surface area (Å²) in [6.45, 7) is 3.61. The van der Waals surface area contributed by atoms with E-state index in [1.54, 1.807) is 6.08 Å². The van der Waals surface area contributed by atoms with Gasteiger partial charge in [-0.15, -0.1) is 6.58 Å². The SMILES string of the molecule is C=CCCC(=O)N1C[C@@H](O)C[C@H]1C(=O)O. The molecule has 0 aliphatic carbocycles. The van der Waals surface area contributed by atoms with E-state index in [1.165, 1.54) is 4.90 Å². The predicted molar refractivity (Wildman–Crippen MR) is 53.2 cm³/mol. The van der Waals surface area contributed by atoms with Crippen LogP contribution in [0.2, 0.25) is 0 Å². The van der Waals surface area contributed by atoms with Gasteiger partial charge in [-0.1, -0.05) is 6.08 Å². The van der Waals surface area contributed by atoms with Gasteiger partial charge >= 0.3 is 5.97 Å². The Labute approximate surface area is 88.0 Å². The van der Waals surface area contributed by atoms with E-state index in [-0.39, 0.29) is 25.3 Å². The fraction of sp³-hybridized carbons (Fsp3) is 0.600. The first-order valence-electron chi connectivity index (χ1n) is 4.87. The molecule has 84 valence electrons. The van der Waals surface area contributed by atoms with E-state index < -0.39 is 18.1 Å². The van der Waals surface area contributed by atoms with Gasteiger partial charge in [-0.3, -0.25) is 4.79 Å². The highest BCUT2D eigenvalue weighted by molar-refractivity contribution is 5.84. The molecule has 1 fully saturated rings. The Bertz CT molecular complexity index is 277. The van der Waals surface area contributed by atoms with Gasteiger partial charge in [0, 0.05) is 19.4 Å². The Morgan fingerprint density at radius 2 is 2.20 bits per heavy atom. The largest absolute Gasteiger partial charge is 0.480 e. The van der Waals surface area contributed by atoms with Crippen molar-refractivity contribution in [3.05, 3.63) is 12.7 Å². The predicted octanol–water partition coefficient (Wildman–Crippen LogP) is -0.00100. The molecule has 0 aromatic heterocycles. The van der Waals surface area contributed by atoms with Gasteiger partial charge in [-0.25, -0.2) is 4.79 Å². The molecule has 1 rings (SSSR count). The number of aliphatic hydroxyl groups is 1. The van der Waals surface area contributed by atoms with Crippen LogP contribution < -0.4 is 0 Å². The molecule has 0 spiro atoms. The number of carbonyl (C=O) groups excluding carboxylic acids is 1. The third kappa shape index (κ3) is 2.79. The van der Waals surface area contributed by atoms with Gasteiger partial charge in [0.25, 0.3) is 0 Å². The van der Waals surface area contributed by atoms with Gasteiger partial charge in [0.05, 0.1) is 6.10 Å². The Kier molecular flexibility index (Phi) is 3.85. The number of aliphatic hydroxyl groups excluding tert-OH is 1. The molecule has 1 heterocycles. The number of amides is 1. The average Bonchev–Trinajstić information content (AvgIpc) is 2.57. The summed E-state index contributed by atoms with van der Waals surface area (Å²) < 4.78 is 0. The molecule has 0 bridgehead atoms. The molecule has 0 saturated carbocycles. The number of carbonyl (C=O) groups is 2. The Balaban J connectivity index is 2.62. The lowest BCUT2D eigenvalue weighted by Crippen LogP contribution is -2.40. The van der Waals surface area contributed by atoms with Crippen LogP contribution in [0.4, 0.5) is 0 Å². The first-order valence-corrected chi connectivity index (χ1v) is 4.87. The molecule has 2 atom stereocenters. The molecule has 0 unspecified atom stereocenters. The number of carboxylic acids is 1. The van der Waals surface area contributed by atoms with Crippen molar-refractivity contribution in [3.8, 4) is 0 Å². The van der Waals surface area contributed by atoms with Crippen molar-refractivity contribution in [2.24, 2.45) is 0 Å². The van der Waals surface area contributed by atoms with Gasteiger partial charge in [-0.2, -0.15) is 0 Å². The van der Waals surface area contributed by atoms with Crippen LogP contribution in [0, 0.1) is 0 Å². The number of rotatable bonds is 4. The van der Waals surface area contributed by atoms with Crippen molar-refractivity contribution >= 4 is 11.9 Å². The molecular formula is C10H15NO4. The number of nitrogens with zero attached hydrogens (tertiary/aromatic N) is 1. The van der Waals surface area contributed by atoms with E-state index in [9.17, 15) is 14.7 Å². The van der Waals surface area contributed by atoms with Crippen LogP contribution in [0.1, 0.15) is 19.3 Å². The van der Waals surface area contributed by atoms with Crippen LogP contribution in [0.15, 0.2) is 12.7 Å². The number of likely N-dealkylation sites (tertiary alicyclic amines) is 1. The zero-order chi connectivity index (χ0) is 11.4. The molecule has 1 amide bonds. The molecule has 15 heavy (non-hydrogen) atoms. The maximum Gasteiger partial charge on any atom is 0.326 e. The minimum atomic E-state index is -1.06. The highest BCUT2D eigenvalue weighted by atomic mass is 16.4. The van der Waals surface area contributed by atoms with Crippen molar-refractivity contribution < 1.29 is 19.8 Å². The minimum Gasteiger partial charge on any atom is -0.480 e. The Hall–Kier alpha value is -1.36. The van der Waals surface area contributed by atoms with Gasteiger partial charge in [0.15, 0.2) is 0 Å². The molecule has 0 aromatic rings. The fourth-order valence-corrected chi connectivity index (χ4v) is 1.69. The van der Waals surface area contributed by atoms with Gasteiger partial charge < -0.3 is 15.1 Å². The van der Waals surface area contributed by atoms with E-state index in [1.807, 2.05) is 0 Å². The number of carboxylic acid groups (broad SMARTS) is 1. The van der Waals surface area contributed by atoms with Crippen molar-refractivity contribution in [1.82, 2.24) is 4.90 Å². The summed E-state index contributed by atoms with van der Waals surface area (Å²) in [6, 6.07) is -0.877. The summed E-state index contributed by atoms with van der Waals surface area (Å²) in [4.78, 5) is 23.6. The standard InChI is InChI=1S/C10H15NO4/c1-2-3-4-9(13)11-6-7(12)5-8(11)10(14)15/h2,7-8,12H,1,3-6H2,(H,14,15)/t7-,8-/m0/s1. The second-order valence-corrected chi connectivity index (χ2v) is 3.62. The summed E-state index contributed by atoms with van der Waals surface area (Å²) in [5.41, 5.74) is 0. The minimum absolute atomic E-state index is 0.118. The lowest BCUT2D eigenvalue weighted by molar-refractivity contribution is -0.148. The third-order valence-corrected chi connectivity index (χ3v) is 2.45. The molecule has 5 heteroatoms. The zero-order valence-electron chi connectivity index (χ0n) is 8.43. The smallest absolute Gasteiger partial charge is 0.326 e. The molecule has 0 aromatic carbocycles. The van der Waals surface area contributed by atoms with Crippen molar-refractivity contribution in [3.63, 3.8) is 0 Å².